The quantitative estimate of drug-likeness (QED) is 0.0611. The molecule has 0 spiro atoms. The van der Waals surface area contributed by atoms with Crippen molar-refractivity contribution in [2.75, 3.05) is 32.2 Å². The molecule has 0 fully saturated rings. The zero-order valence-corrected chi connectivity index (χ0v) is 33.1. The summed E-state index contributed by atoms with van der Waals surface area (Å²) in [5, 5.41) is 2.75. The lowest BCUT2D eigenvalue weighted by atomic mass is 10.1. The van der Waals surface area contributed by atoms with E-state index >= 15 is 0 Å². The van der Waals surface area contributed by atoms with E-state index in [0.717, 1.165) is 11.1 Å². The number of Topliss-reactive ketones (excluding diaryl/α,β-unsaturated/α-hetero) is 2. The molecule has 0 saturated heterocycles. The lowest BCUT2D eigenvalue weighted by Gasteiger charge is -2.15. The standard InChI is InChI=1S/C14H17ClO3.C11H18BrNO2.C11H17BrO3/c1-2-12-3-5-13(6-4-12)11-17-9-10-18-14(16)7-8-15;1-8(2)9(14)6-5-7-13-10(15)11(3,4)12;1-8(2)9(13)6-5-7-15-10(14)11(3,4)12/h2-6H,1,7-11H2;1,5-7H2,2-4H3,(H,13,15);1,5-7H2,2-4H3. The maximum Gasteiger partial charge on any atom is 0.322 e. The summed E-state index contributed by atoms with van der Waals surface area (Å²) in [7, 11) is 0. The van der Waals surface area contributed by atoms with Gasteiger partial charge in [-0.2, -0.15) is 0 Å². The van der Waals surface area contributed by atoms with E-state index in [0.29, 0.717) is 56.6 Å². The number of nitrogens with one attached hydrogen (secondary N) is 1. The first-order valence-corrected chi connectivity index (χ1v) is 17.6. The molecule has 0 aliphatic rings. The molecule has 0 aromatic heterocycles. The van der Waals surface area contributed by atoms with E-state index in [4.69, 9.17) is 25.8 Å². The second kappa shape index (κ2) is 26.3. The summed E-state index contributed by atoms with van der Waals surface area (Å²) in [5.74, 6) is -0.305. The maximum atomic E-state index is 11.4. The number of halogens is 3. The summed E-state index contributed by atoms with van der Waals surface area (Å²) >= 11 is 11.8. The summed E-state index contributed by atoms with van der Waals surface area (Å²) < 4.78 is 14.0. The summed E-state index contributed by atoms with van der Waals surface area (Å²) in [4.78, 5) is 55.9. The molecule has 1 amide bonds. The minimum Gasteiger partial charge on any atom is -0.465 e. The fourth-order valence-electron chi connectivity index (χ4n) is 2.96. The molecule has 0 aliphatic carbocycles. The van der Waals surface area contributed by atoms with Crippen molar-refractivity contribution in [3.8, 4) is 0 Å². The van der Waals surface area contributed by atoms with E-state index in [1.165, 1.54) is 0 Å². The number of amides is 1. The highest BCUT2D eigenvalue weighted by atomic mass is 79.9. The number of hydrogen-bond acceptors (Lipinski definition) is 8. The minimum atomic E-state index is -0.661. The van der Waals surface area contributed by atoms with Crippen LogP contribution in [0.25, 0.3) is 6.08 Å². The van der Waals surface area contributed by atoms with Crippen molar-refractivity contribution in [3.63, 3.8) is 0 Å². The molecule has 1 rings (SSSR count). The van der Waals surface area contributed by atoms with Gasteiger partial charge in [-0.1, -0.05) is 81.9 Å². The zero-order chi connectivity index (χ0) is 37.3. The summed E-state index contributed by atoms with van der Waals surface area (Å²) in [6.07, 6.45) is 4.05. The van der Waals surface area contributed by atoms with Crippen molar-refractivity contribution in [3.05, 3.63) is 66.3 Å². The fourth-order valence-corrected chi connectivity index (χ4v) is 3.37. The van der Waals surface area contributed by atoms with E-state index in [2.05, 4.69) is 56.9 Å². The number of ketones is 2. The van der Waals surface area contributed by atoms with Crippen LogP contribution in [-0.4, -0.2) is 70.3 Å². The van der Waals surface area contributed by atoms with Gasteiger partial charge in [0.1, 0.15) is 10.9 Å². The molecule has 1 aromatic rings. The van der Waals surface area contributed by atoms with Gasteiger partial charge in [-0.05, 0) is 76.7 Å². The second-order valence-corrected chi connectivity index (χ2v) is 16.0. The second-order valence-electron chi connectivity index (χ2n) is 11.6. The van der Waals surface area contributed by atoms with Crippen molar-refractivity contribution in [2.45, 2.75) is 88.9 Å². The number of carbonyl (C=O) groups excluding carboxylic acids is 5. The van der Waals surface area contributed by atoms with Crippen LogP contribution in [0.5, 0.6) is 0 Å². The normalized spacial score (nSPS) is 10.6. The number of esters is 2. The van der Waals surface area contributed by atoms with Crippen LogP contribution >= 0.6 is 43.5 Å². The fraction of sp³-hybridized carbons (Fsp3) is 0.528. The van der Waals surface area contributed by atoms with Gasteiger partial charge in [-0.15, -0.1) is 11.6 Å². The van der Waals surface area contributed by atoms with Gasteiger partial charge in [0, 0.05) is 25.3 Å². The van der Waals surface area contributed by atoms with Crippen LogP contribution < -0.4 is 5.32 Å². The van der Waals surface area contributed by atoms with Crippen LogP contribution in [0.2, 0.25) is 0 Å². The Morgan fingerprint density at radius 3 is 1.81 bits per heavy atom. The molecule has 0 saturated carbocycles. The largest absolute Gasteiger partial charge is 0.465 e. The van der Waals surface area contributed by atoms with Gasteiger partial charge >= 0.3 is 11.9 Å². The molecule has 48 heavy (non-hydrogen) atoms. The maximum absolute atomic E-state index is 11.4. The van der Waals surface area contributed by atoms with Crippen molar-refractivity contribution in [1.29, 1.82) is 0 Å². The smallest absolute Gasteiger partial charge is 0.322 e. The molecule has 270 valence electrons. The number of allylic oxidation sites excluding steroid dienone is 2. The van der Waals surface area contributed by atoms with E-state index in [1.807, 2.05) is 24.3 Å². The summed E-state index contributed by atoms with van der Waals surface area (Å²) in [6.45, 7) is 23.1. The molecule has 9 nitrogen and oxygen atoms in total. The molecule has 1 N–H and O–H groups in total. The summed E-state index contributed by atoms with van der Waals surface area (Å²) in [5.41, 5.74) is 3.27. The number of ether oxygens (including phenoxy) is 3. The van der Waals surface area contributed by atoms with Crippen LogP contribution in [0.3, 0.4) is 0 Å². The minimum absolute atomic E-state index is 0.0177. The average Bonchev–Trinajstić information content (AvgIpc) is 3.00. The van der Waals surface area contributed by atoms with Gasteiger partial charge in [0.25, 0.3) is 0 Å². The number of hydrogen-bond donors (Lipinski definition) is 1. The first kappa shape index (κ1) is 47.5. The van der Waals surface area contributed by atoms with Gasteiger partial charge in [0.15, 0.2) is 11.6 Å². The SMILES string of the molecule is C=C(C)C(=O)CCCNC(=O)C(C)(C)Br.C=C(C)C(=O)CCCOC(=O)C(C)(C)Br.C=Cc1ccc(COCCOC(=O)CCCl)cc1. The third-order valence-electron chi connectivity index (χ3n) is 5.90. The topological polar surface area (TPSA) is 125 Å². The number of benzene rings is 1. The number of alkyl halides is 3. The van der Waals surface area contributed by atoms with Crippen LogP contribution in [0, 0.1) is 0 Å². The first-order chi connectivity index (χ1) is 22.3. The third-order valence-corrected chi connectivity index (χ3v) is 6.77. The predicted octanol–water partition coefficient (Wildman–Crippen LogP) is 7.85. The van der Waals surface area contributed by atoms with Crippen molar-refractivity contribution in [2.24, 2.45) is 0 Å². The molecule has 0 bridgehead atoms. The van der Waals surface area contributed by atoms with Crippen molar-refractivity contribution in [1.82, 2.24) is 5.32 Å². The lowest BCUT2D eigenvalue weighted by molar-refractivity contribution is -0.146. The van der Waals surface area contributed by atoms with Crippen LogP contribution in [0.1, 0.15) is 84.8 Å². The van der Waals surface area contributed by atoms with Gasteiger partial charge in [-0.25, -0.2) is 0 Å². The molecular formula is C36H52Br2ClNO8. The molecule has 1 aromatic carbocycles. The van der Waals surface area contributed by atoms with Gasteiger partial charge in [0.2, 0.25) is 5.91 Å². The molecular weight excluding hydrogens is 770 g/mol. The highest BCUT2D eigenvalue weighted by molar-refractivity contribution is 9.10. The Hall–Kier alpha value is -2.60. The van der Waals surface area contributed by atoms with Crippen LogP contribution in [0.15, 0.2) is 55.1 Å². The van der Waals surface area contributed by atoms with Crippen LogP contribution in [0.4, 0.5) is 0 Å². The average molecular weight is 822 g/mol. The molecule has 0 aliphatic heterocycles. The predicted molar refractivity (Wildman–Crippen MR) is 201 cm³/mol. The van der Waals surface area contributed by atoms with Gasteiger partial charge < -0.3 is 19.5 Å². The molecule has 0 unspecified atom stereocenters. The first-order valence-electron chi connectivity index (χ1n) is 15.5. The van der Waals surface area contributed by atoms with Crippen molar-refractivity contribution < 1.29 is 38.2 Å². The van der Waals surface area contributed by atoms with Gasteiger partial charge in [-0.3, -0.25) is 24.0 Å². The summed E-state index contributed by atoms with van der Waals surface area (Å²) in [6, 6.07) is 7.92. The van der Waals surface area contributed by atoms with E-state index in [1.54, 1.807) is 47.6 Å². The molecule has 0 radical (unpaired) electrons. The third kappa shape index (κ3) is 26.4. The Morgan fingerprint density at radius 1 is 0.812 bits per heavy atom. The van der Waals surface area contributed by atoms with E-state index in [-0.39, 0.29) is 54.9 Å². The zero-order valence-electron chi connectivity index (χ0n) is 29.2. The Labute approximate surface area is 308 Å². The Kier molecular flexibility index (Phi) is 26.0. The Bertz CT molecular complexity index is 1150. The monoisotopic (exact) mass is 819 g/mol. The highest BCUT2D eigenvalue weighted by Gasteiger charge is 2.25. The Balaban J connectivity index is 0. The number of carbonyl (C=O) groups is 5. The van der Waals surface area contributed by atoms with E-state index < -0.39 is 8.65 Å². The molecule has 0 heterocycles. The lowest BCUT2D eigenvalue weighted by Crippen LogP contribution is -2.38. The van der Waals surface area contributed by atoms with Crippen molar-refractivity contribution >= 4 is 78.9 Å². The Morgan fingerprint density at radius 2 is 1.35 bits per heavy atom. The van der Waals surface area contributed by atoms with E-state index in [9.17, 15) is 24.0 Å². The number of rotatable bonds is 20. The highest BCUT2D eigenvalue weighted by Crippen LogP contribution is 2.18. The molecule has 12 heteroatoms. The van der Waals surface area contributed by atoms with Gasteiger partial charge in [0.05, 0.1) is 30.6 Å². The molecule has 0 atom stereocenters. The van der Waals surface area contributed by atoms with Crippen LogP contribution in [-0.2, 0) is 44.8 Å².